The molecule has 1 aliphatic rings. The number of aromatic nitrogens is 2. The fourth-order valence-electron chi connectivity index (χ4n) is 2.31. The molecule has 0 aliphatic carbocycles. The highest BCUT2D eigenvalue weighted by Gasteiger charge is 2.54. The van der Waals surface area contributed by atoms with Gasteiger partial charge in [0.2, 0.25) is 5.75 Å². The molecule has 0 saturated carbocycles. The third-order valence-electron chi connectivity index (χ3n) is 3.42. The monoisotopic (exact) mass is 330 g/mol. The van der Waals surface area contributed by atoms with Gasteiger partial charge >= 0.3 is 5.69 Å². The lowest BCUT2D eigenvalue weighted by molar-refractivity contribution is -0.0880. The largest absolute Gasteiger partial charge is 0.490 e. The van der Waals surface area contributed by atoms with E-state index in [-0.39, 0.29) is 5.75 Å². The van der Waals surface area contributed by atoms with Crippen LogP contribution in [0.15, 0.2) is 21.9 Å². The summed E-state index contributed by atoms with van der Waals surface area (Å²) in [5, 5.41) is 18.2. The molecule has 4 atom stereocenters. The molecular weight excluding hydrogens is 316 g/mol. The number of H-pyrrole nitrogens is 1. The molecule has 1 aliphatic heterocycles. The van der Waals surface area contributed by atoms with Crippen LogP contribution in [0.1, 0.15) is 0 Å². The molecule has 2 heterocycles. The van der Waals surface area contributed by atoms with E-state index in [1.165, 1.54) is 13.1 Å². The lowest BCUT2D eigenvalue weighted by Gasteiger charge is -2.30. The fourth-order valence-corrected chi connectivity index (χ4v) is 2.76. The molecule has 2 rings (SSSR count). The molecule has 0 bridgehead atoms. The van der Waals surface area contributed by atoms with Crippen molar-refractivity contribution in [2.24, 2.45) is 0 Å². The Morgan fingerprint density at radius 1 is 1.64 bits per heavy atom. The first-order valence-corrected chi connectivity index (χ1v) is 6.70. The molecule has 9 nitrogen and oxygen atoms in total. The fraction of sp³-hybridized carbons (Fsp3) is 0.500. The van der Waals surface area contributed by atoms with E-state index in [4.69, 9.17) is 9.47 Å². The lowest BCUT2D eigenvalue weighted by Crippen LogP contribution is -2.48. The minimum atomic E-state index is -1.83. The highest BCUT2D eigenvalue weighted by atomic mass is 32.1. The predicted molar refractivity (Wildman–Crippen MR) is 76.9 cm³/mol. The summed E-state index contributed by atoms with van der Waals surface area (Å²) < 4.78 is 11.1. The molecule has 0 radical (unpaired) electrons. The van der Waals surface area contributed by atoms with Crippen molar-refractivity contribution in [2.45, 2.75) is 23.2 Å². The number of aliphatic hydroxyl groups is 2. The lowest BCUT2D eigenvalue weighted by atomic mass is 10.1. The third kappa shape index (κ3) is 2.40. The second-order valence-electron chi connectivity index (χ2n) is 4.62. The van der Waals surface area contributed by atoms with Gasteiger partial charge in [0.1, 0.15) is 12.0 Å². The number of hydrogen-bond acceptors (Lipinski definition) is 8. The summed E-state index contributed by atoms with van der Waals surface area (Å²) in [7, 11) is 1.22. The summed E-state index contributed by atoms with van der Waals surface area (Å²) in [6.07, 6.45) is -0.451. The van der Waals surface area contributed by atoms with Gasteiger partial charge in [-0.25, -0.2) is 9.59 Å². The van der Waals surface area contributed by atoms with Crippen molar-refractivity contribution in [3.05, 3.63) is 33.1 Å². The van der Waals surface area contributed by atoms with Gasteiger partial charge in [-0.15, -0.1) is 0 Å². The Bertz CT molecular complexity index is 723. The predicted octanol–water partition coefficient (Wildman–Crippen LogP) is -2.36. The van der Waals surface area contributed by atoms with Crippen molar-refractivity contribution in [3.63, 3.8) is 0 Å². The number of nitrogens with one attached hydrogen (secondary N) is 1. The Morgan fingerprint density at radius 2 is 2.32 bits per heavy atom. The Kier molecular flexibility index (Phi) is 4.59. The Hall–Kier alpha value is -1.84. The molecule has 0 aromatic carbocycles. The van der Waals surface area contributed by atoms with E-state index in [0.29, 0.717) is 0 Å². The normalized spacial score (nSPS) is 30.8. The van der Waals surface area contributed by atoms with E-state index in [9.17, 15) is 24.6 Å². The van der Waals surface area contributed by atoms with Crippen molar-refractivity contribution in [2.75, 3.05) is 13.7 Å². The van der Waals surface area contributed by atoms with Crippen LogP contribution in [0.2, 0.25) is 0 Å². The van der Waals surface area contributed by atoms with E-state index in [1.807, 2.05) is 4.98 Å². The van der Waals surface area contributed by atoms with Crippen LogP contribution in [-0.4, -0.2) is 56.9 Å². The van der Waals surface area contributed by atoms with Crippen molar-refractivity contribution in [1.82, 2.24) is 9.55 Å². The molecule has 3 N–H and O–H groups in total. The molecule has 1 fully saturated rings. The molecular formula is C12H14N2O7S. The second-order valence-corrected chi connectivity index (χ2v) is 5.17. The molecule has 1 aromatic heterocycles. The zero-order valence-corrected chi connectivity index (χ0v) is 12.3. The summed E-state index contributed by atoms with van der Waals surface area (Å²) in [6, 6.07) is 0. The highest BCUT2D eigenvalue weighted by molar-refractivity contribution is 7.81. The number of hydrogen-bond donors (Lipinski definition) is 4. The summed E-state index contributed by atoms with van der Waals surface area (Å²) in [6.45, 7) is -0.554. The van der Waals surface area contributed by atoms with Gasteiger partial charge in [0.05, 0.1) is 37.3 Å². The summed E-state index contributed by atoms with van der Waals surface area (Å²) in [4.78, 5) is 36.5. The van der Waals surface area contributed by atoms with Crippen LogP contribution in [0, 0.1) is 0 Å². The van der Waals surface area contributed by atoms with Crippen LogP contribution in [0.25, 0.3) is 0 Å². The van der Waals surface area contributed by atoms with Crippen LogP contribution < -0.4 is 16.0 Å². The molecule has 0 unspecified atom stereocenters. The summed E-state index contributed by atoms with van der Waals surface area (Å²) >= 11 is 4.17. The van der Waals surface area contributed by atoms with Crippen molar-refractivity contribution in [3.8, 4) is 5.75 Å². The average Bonchev–Trinajstić information content (AvgIpc) is 2.73. The van der Waals surface area contributed by atoms with Gasteiger partial charge in [0.15, 0.2) is 5.72 Å². The van der Waals surface area contributed by atoms with E-state index < -0.39 is 41.0 Å². The summed E-state index contributed by atoms with van der Waals surface area (Å²) in [5.74, 6) is 1.29. The number of rotatable bonds is 4. The molecule has 1 aromatic rings. The van der Waals surface area contributed by atoms with Crippen molar-refractivity contribution < 1.29 is 24.5 Å². The van der Waals surface area contributed by atoms with Crippen LogP contribution in [0.4, 0.5) is 0 Å². The van der Waals surface area contributed by atoms with Crippen LogP contribution in [0.5, 0.6) is 5.75 Å². The Labute approximate surface area is 129 Å². The maximum atomic E-state index is 12.1. The van der Waals surface area contributed by atoms with E-state index in [2.05, 4.69) is 12.6 Å². The molecule has 1 saturated heterocycles. The van der Waals surface area contributed by atoms with Crippen molar-refractivity contribution in [1.29, 1.82) is 0 Å². The van der Waals surface area contributed by atoms with Gasteiger partial charge in [-0.1, -0.05) is 0 Å². The number of methoxy groups -OCH3 is 1. The zero-order valence-electron chi connectivity index (χ0n) is 11.4. The number of ether oxygens (including phenoxy) is 2. The van der Waals surface area contributed by atoms with Gasteiger partial charge < -0.3 is 19.7 Å². The highest BCUT2D eigenvalue weighted by Crippen LogP contribution is 2.39. The number of aliphatic hydroxyl groups excluding tert-OH is 2. The van der Waals surface area contributed by atoms with Crippen molar-refractivity contribution >= 4 is 18.6 Å². The standard InChI is InChI=1S/C12H14N2O7S/c1-20-6-4-14(11(19)13-10(6)18)12(2-3-15)9(22)8(17)7(5-16)21-12/h2,4,7-9,16-17,22H,5H2,1H3,(H,13,18,19)/t7-,8-,9-,12-/m1/s1. The SMILES string of the molecule is COc1cn([C@]2(C=C=O)O[C@H](CO)[C@@H](O)[C@H]2S)c(=O)[nH]c1=O. The quantitative estimate of drug-likeness (QED) is 0.359. The van der Waals surface area contributed by atoms with Gasteiger partial charge in [-0.3, -0.25) is 14.3 Å². The van der Waals surface area contributed by atoms with E-state index >= 15 is 0 Å². The molecule has 10 heteroatoms. The minimum Gasteiger partial charge on any atom is -0.490 e. The molecule has 0 spiro atoms. The first kappa shape index (κ1) is 16.5. The van der Waals surface area contributed by atoms with Crippen LogP contribution in [0.3, 0.4) is 0 Å². The Balaban J connectivity index is 2.71. The number of aromatic amines is 1. The minimum absolute atomic E-state index is 0.204. The number of carbonyl (C=O) groups excluding carboxylic acids is 1. The molecule has 0 amide bonds. The smallest absolute Gasteiger partial charge is 0.331 e. The van der Waals surface area contributed by atoms with Gasteiger partial charge in [0.25, 0.3) is 5.56 Å². The van der Waals surface area contributed by atoms with Gasteiger partial charge in [-0.2, -0.15) is 12.6 Å². The maximum Gasteiger partial charge on any atom is 0.331 e. The van der Waals surface area contributed by atoms with Gasteiger partial charge in [0, 0.05) is 0 Å². The average molecular weight is 330 g/mol. The third-order valence-corrected chi connectivity index (χ3v) is 4.10. The summed E-state index contributed by atoms with van der Waals surface area (Å²) in [5.41, 5.74) is -3.49. The maximum absolute atomic E-state index is 12.1. The molecule has 120 valence electrons. The van der Waals surface area contributed by atoms with E-state index in [0.717, 1.165) is 16.8 Å². The molecule has 22 heavy (non-hydrogen) atoms. The first-order valence-electron chi connectivity index (χ1n) is 6.18. The first-order chi connectivity index (χ1) is 10.4. The second kappa shape index (κ2) is 6.11. The van der Waals surface area contributed by atoms with Gasteiger partial charge in [-0.05, 0) is 0 Å². The topological polar surface area (TPSA) is 131 Å². The van der Waals surface area contributed by atoms with Crippen LogP contribution >= 0.6 is 12.6 Å². The Morgan fingerprint density at radius 3 is 2.82 bits per heavy atom. The number of thiol groups is 1. The van der Waals surface area contributed by atoms with E-state index in [1.54, 1.807) is 0 Å². The van der Waals surface area contributed by atoms with Crippen LogP contribution in [-0.2, 0) is 15.3 Å². The zero-order chi connectivity index (χ0) is 16.5. The number of nitrogens with zero attached hydrogens (tertiary/aromatic N) is 1.